The summed E-state index contributed by atoms with van der Waals surface area (Å²) < 4.78 is 16.5. The molecule has 1 aliphatic rings. The molecule has 0 radical (unpaired) electrons. The van der Waals surface area contributed by atoms with E-state index < -0.39 is 0 Å². The first kappa shape index (κ1) is 20.1. The second kappa shape index (κ2) is 10.6. The molecule has 3 rings (SSSR count). The van der Waals surface area contributed by atoms with E-state index in [-0.39, 0.29) is 18.7 Å². The number of carbonyl (C=O) groups is 1. The molecule has 1 heterocycles. The summed E-state index contributed by atoms with van der Waals surface area (Å²) >= 11 is 0. The zero-order valence-electron chi connectivity index (χ0n) is 16.3. The average molecular weight is 381 g/mol. The fraction of sp³-hybridized carbons (Fsp3) is 0.348. The van der Waals surface area contributed by atoms with Crippen LogP contribution in [0.3, 0.4) is 0 Å². The van der Waals surface area contributed by atoms with E-state index in [9.17, 15) is 4.79 Å². The second-order valence-electron chi connectivity index (χ2n) is 6.68. The number of benzene rings is 2. The molecule has 1 fully saturated rings. The molecule has 148 valence electrons. The highest BCUT2D eigenvalue weighted by Crippen LogP contribution is 2.14. The first-order chi connectivity index (χ1) is 13.7. The summed E-state index contributed by atoms with van der Waals surface area (Å²) in [5, 5.41) is 0. The van der Waals surface area contributed by atoms with Crippen LogP contribution in [-0.2, 0) is 20.8 Å². The van der Waals surface area contributed by atoms with Crippen molar-refractivity contribution in [3.8, 4) is 5.75 Å². The average Bonchev–Trinajstić information content (AvgIpc) is 2.73. The summed E-state index contributed by atoms with van der Waals surface area (Å²) in [5.74, 6) is 0.453. The third-order valence-electron chi connectivity index (χ3n) is 4.49. The lowest BCUT2D eigenvalue weighted by atomic mass is 10.2. The van der Waals surface area contributed by atoms with Crippen molar-refractivity contribution in [2.45, 2.75) is 19.6 Å². The lowest BCUT2D eigenvalue weighted by Crippen LogP contribution is -2.44. The number of rotatable bonds is 8. The van der Waals surface area contributed by atoms with E-state index in [1.165, 1.54) is 11.6 Å². The van der Waals surface area contributed by atoms with Crippen molar-refractivity contribution >= 4 is 12.0 Å². The minimum Gasteiger partial charge on any atom is -0.494 e. The largest absolute Gasteiger partial charge is 0.494 e. The Morgan fingerprint density at radius 3 is 2.71 bits per heavy atom. The van der Waals surface area contributed by atoms with Gasteiger partial charge >= 0.3 is 5.97 Å². The summed E-state index contributed by atoms with van der Waals surface area (Å²) in [7, 11) is 0. The minimum atomic E-state index is -0.363. The van der Waals surface area contributed by atoms with Crippen molar-refractivity contribution in [2.75, 3.05) is 32.9 Å². The van der Waals surface area contributed by atoms with E-state index in [2.05, 4.69) is 17.0 Å². The van der Waals surface area contributed by atoms with Crippen molar-refractivity contribution in [3.05, 3.63) is 71.8 Å². The fourth-order valence-electron chi connectivity index (χ4n) is 3.10. The molecular weight excluding hydrogens is 354 g/mol. The van der Waals surface area contributed by atoms with Gasteiger partial charge in [0.1, 0.15) is 18.5 Å². The quantitative estimate of drug-likeness (QED) is 0.517. The first-order valence-corrected chi connectivity index (χ1v) is 9.68. The van der Waals surface area contributed by atoms with Crippen LogP contribution in [0.2, 0.25) is 0 Å². The lowest BCUT2D eigenvalue weighted by Gasteiger charge is -2.32. The predicted octanol–water partition coefficient (Wildman–Crippen LogP) is 3.54. The highest BCUT2D eigenvalue weighted by Gasteiger charge is 2.21. The Morgan fingerprint density at radius 1 is 1.18 bits per heavy atom. The van der Waals surface area contributed by atoms with Gasteiger partial charge in [-0.1, -0.05) is 42.5 Å². The number of esters is 1. The van der Waals surface area contributed by atoms with Gasteiger partial charge in [0.25, 0.3) is 0 Å². The van der Waals surface area contributed by atoms with Crippen molar-refractivity contribution in [3.63, 3.8) is 0 Å². The van der Waals surface area contributed by atoms with Crippen LogP contribution < -0.4 is 4.74 Å². The van der Waals surface area contributed by atoms with Gasteiger partial charge in [-0.25, -0.2) is 4.79 Å². The molecule has 1 unspecified atom stereocenters. The summed E-state index contributed by atoms with van der Waals surface area (Å²) in [4.78, 5) is 14.3. The fourth-order valence-corrected chi connectivity index (χ4v) is 3.10. The van der Waals surface area contributed by atoms with E-state index in [0.717, 1.165) is 30.9 Å². The molecule has 5 heteroatoms. The number of hydrogen-bond acceptors (Lipinski definition) is 5. The van der Waals surface area contributed by atoms with E-state index in [1.54, 1.807) is 6.08 Å². The van der Waals surface area contributed by atoms with Gasteiger partial charge < -0.3 is 14.2 Å². The van der Waals surface area contributed by atoms with Crippen LogP contribution in [0.15, 0.2) is 60.7 Å². The third kappa shape index (κ3) is 6.51. The molecule has 0 amide bonds. The Kier molecular flexibility index (Phi) is 7.64. The Labute approximate surface area is 166 Å². The SMILES string of the molecule is CCOc1ccc(/C=C/C(=O)OCC2CN(Cc3ccccc3)CCO2)cc1. The highest BCUT2D eigenvalue weighted by atomic mass is 16.6. The minimum absolute atomic E-state index is 0.0970. The molecule has 1 aliphatic heterocycles. The molecule has 2 aromatic carbocycles. The zero-order chi connectivity index (χ0) is 19.6. The van der Waals surface area contributed by atoms with Crippen LogP contribution >= 0.6 is 0 Å². The summed E-state index contributed by atoms with van der Waals surface area (Å²) in [5.41, 5.74) is 2.20. The maximum absolute atomic E-state index is 12.0. The Hall–Kier alpha value is -2.63. The van der Waals surface area contributed by atoms with E-state index >= 15 is 0 Å². The topological polar surface area (TPSA) is 48.0 Å². The molecule has 1 atom stereocenters. The van der Waals surface area contributed by atoms with Gasteiger partial charge in [0.05, 0.1) is 13.2 Å². The molecule has 2 aromatic rings. The summed E-state index contributed by atoms with van der Waals surface area (Å²) in [6.07, 6.45) is 3.09. The van der Waals surface area contributed by atoms with Gasteiger partial charge in [0, 0.05) is 25.7 Å². The van der Waals surface area contributed by atoms with Crippen molar-refractivity contribution in [1.29, 1.82) is 0 Å². The molecule has 0 bridgehead atoms. The maximum atomic E-state index is 12.0. The molecule has 0 N–H and O–H groups in total. The van der Waals surface area contributed by atoms with E-state index in [0.29, 0.717) is 13.2 Å². The first-order valence-electron chi connectivity index (χ1n) is 9.68. The zero-order valence-corrected chi connectivity index (χ0v) is 16.3. The summed E-state index contributed by atoms with van der Waals surface area (Å²) in [6.45, 7) is 6.01. The van der Waals surface area contributed by atoms with Gasteiger partial charge in [-0.15, -0.1) is 0 Å². The van der Waals surface area contributed by atoms with Gasteiger partial charge in [0.2, 0.25) is 0 Å². The van der Waals surface area contributed by atoms with Crippen LogP contribution in [0.4, 0.5) is 0 Å². The number of hydrogen-bond donors (Lipinski definition) is 0. The molecule has 0 aromatic heterocycles. The Bertz CT molecular complexity index is 758. The monoisotopic (exact) mass is 381 g/mol. The van der Waals surface area contributed by atoms with Gasteiger partial charge in [0.15, 0.2) is 0 Å². The van der Waals surface area contributed by atoms with Gasteiger partial charge in [-0.3, -0.25) is 4.90 Å². The number of nitrogens with zero attached hydrogens (tertiary/aromatic N) is 1. The van der Waals surface area contributed by atoms with Crippen LogP contribution in [0.25, 0.3) is 6.08 Å². The number of ether oxygens (including phenoxy) is 3. The van der Waals surface area contributed by atoms with Gasteiger partial charge in [-0.2, -0.15) is 0 Å². The predicted molar refractivity (Wildman–Crippen MR) is 109 cm³/mol. The molecule has 1 saturated heterocycles. The lowest BCUT2D eigenvalue weighted by molar-refractivity contribution is -0.144. The standard InChI is InChI=1S/C23H27NO4/c1-2-26-21-11-8-19(9-12-21)10-13-23(25)28-18-22-17-24(14-15-27-22)16-20-6-4-3-5-7-20/h3-13,22H,2,14-18H2,1H3/b13-10+. The van der Waals surface area contributed by atoms with Crippen LogP contribution in [-0.4, -0.2) is 49.9 Å². The van der Waals surface area contributed by atoms with Crippen molar-refractivity contribution < 1.29 is 19.0 Å². The Balaban J connectivity index is 1.42. The molecule has 0 spiro atoms. The Morgan fingerprint density at radius 2 is 1.96 bits per heavy atom. The smallest absolute Gasteiger partial charge is 0.330 e. The second-order valence-corrected chi connectivity index (χ2v) is 6.68. The number of carbonyl (C=O) groups excluding carboxylic acids is 1. The van der Waals surface area contributed by atoms with Crippen LogP contribution in [0, 0.1) is 0 Å². The van der Waals surface area contributed by atoms with Crippen LogP contribution in [0.1, 0.15) is 18.1 Å². The molecule has 0 saturated carbocycles. The normalized spacial score (nSPS) is 17.5. The summed E-state index contributed by atoms with van der Waals surface area (Å²) in [6, 6.07) is 17.9. The van der Waals surface area contributed by atoms with E-state index in [4.69, 9.17) is 14.2 Å². The van der Waals surface area contributed by atoms with E-state index in [1.807, 2.05) is 49.4 Å². The molecule has 5 nitrogen and oxygen atoms in total. The maximum Gasteiger partial charge on any atom is 0.330 e. The number of morpholine rings is 1. The third-order valence-corrected chi connectivity index (χ3v) is 4.49. The molecule has 0 aliphatic carbocycles. The van der Waals surface area contributed by atoms with Crippen molar-refractivity contribution in [2.24, 2.45) is 0 Å². The highest BCUT2D eigenvalue weighted by molar-refractivity contribution is 5.87. The van der Waals surface area contributed by atoms with Gasteiger partial charge in [-0.05, 0) is 36.3 Å². The van der Waals surface area contributed by atoms with Crippen molar-refractivity contribution in [1.82, 2.24) is 4.90 Å². The molecular formula is C23H27NO4. The molecule has 28 heavy (non-hydrogen) atoms. The van der Waals surface area contributed by atoms with Crippen LogP contribution in [0.5, 0.6) is 5.75 Å².